The normalized spacial score (nSPS) is 13.4. The van der Waals surface area contributed by atoms with Gasteiger partial charge >= 0.3 is 6.18 Å². The second-order valence-corrected chi connectivity index (χ2v) is 7.55. The molecule has 1 aromatic carbocycles. The first-order valence-corrected chi connectivity index (χ1v) is 8.43. The van der Waals surface area contributed by atoms with Gasteiger partial charge in [-0.15, -0.1) is 11.3 Å². The molecule has 1 nitrogen and oxygen atoms in total. The van der Waals surface area contributed by atoms with Gasteiger partial charge in [0, 0.05) is 0 Å². The molecule has 1 aromatic heterocycles. The molecule has 2 rings (SSSR count). The maximum Gasteiger partial charge on any atom is 0.416 e. The largest absolute Gasteiger partial charge is 0.416 e. The van der Waals surface area contributed by atoms with Crippen molar-refractivity contribution in [2.75, 3.05) is 6.54 Å². The van der Waals surface area contributed by atoms with Crippen molar-refractivity contribution in [2.45, 2.75) is 26.1 Å². The summed E-state index contributed by atoms with van der Waals surface area (Å²) in [6, 6.07) is 5.95. The molecule has 0 saturated carbocycles. The SMILES string of the molecule is CCNC(c1csc(I)c1)c1ccc(C(F)(F)F)cc1C. The molecule has 0 fully saturated rings. The van der Waals surface area contributed by atoms with Crippen LogP contribution in [0.15, 0.2) is 29.6 Å². The molecule has 0 amide bonds. The van der Waals surface area contributed by atoms with Crippen LogP contribution in [0.25, 0.3) is 0 Å². The lowest BCUT2D eigenvalue weighted by Gasteiger charge is -2.20. The third kappa shape index (κ3) is 3.98. The third-order valence-corrected chi connectivity index (χ3v) is 5.04. The molecule has 1 atom stereocenters. The van der Waals surface area contributed by atoms with Crippen LogP contribution in [0.1, 0.15) is 35.2 Å². The van der Waals surface area contributed by atoms with E-state index in [1.54, 1.807) is 24.3 Å². The fourth-order valence-electron chi connectivity index (χ4n) is 2.26. The van der Waals surface area contributed by atoms with Gasteiger partial charge in [0.1, 0.15) is 0 Å². The van der Waals surface area contributed by atoms with Crippen molar-refractivity contribution in [3.05, 3.63) is 54.8 Å². The number of aryl methyl sites for hydroxylation is 1. The first kappa shape index (κ1) is 16.8. The molecule has 1 heterocycles. The summed E-state index contributed by atoms with van der Waals surface area (Å²) in [5.41, 5.74) is 2.03. The molecule has 6 heteroatoms. The topological polar surface area (TPSA) is 12.0 Å². The molecule has 0 aliphatic heterocycles. The smallest absolute Gasteiger partial charge is 0.306 e. The molecule has 114 valence electrons. The zero-order chi connectivity index (χ0) is 15.6. The second-order valence-electron chi connectivity index (χ2n) is 4.74. The lowest BCUT2D eigenvalue weighted by atomic mass is 9.95. The summed E-state index contributed by atoms with van der Waals surface area (Å²) in [6.07, 6.45) is -4.30. The van der Waals surface area contributed by atoms with E-state index in [1.807, 2.05) is 12.3 Å². The molecular formula is C15H15F3INS. The molecule has 1 unspecified atom stereocenters. The Morgan fingerprint density at radius 3 is 2.48 bits per heavy atom. The average molecular weight is 425 g/mol. The summed E-state index contributed by atoms with van der Waals surface area (Å²) in [5, 5.41) is 5.40. The Balaban J connectivity index is 2.42. The highest BCUT2D eigenvalue weighted by molar-refractivity contribution is 14.1. The molecule has 0 radical (unpaired) electrons. The molecule has 2 aromatic rings. The van der Waals surface area contributed by atoms with Crippen LogP contribution in [0.3, 0.4) is 0 Å². The van der Waals surface area contributed by atoms with Gasteiger partial charge in [0.25, 0.3) is 0 Å². The number of hydrogen-bond acceptors (Lipinski definition) is 2. The van der Waals surface area contributed by atoms with E-state index in [0.29, 0.717) is 5.56 Å². The quantitative estimate of drug-likeness (QED) is 0.649. The van der Waals surface area contributed by atoms with E-state index in [9.17, 15) is 13.2 Å². The Morgan fingerprint density at radius 1 is 1.29 bits per heavy atom. The Morgan fingerprint density at radius 2 is 2.00 bits per heavy atom. The van der Waals surface area contributed by atoms with Crippen LogP contribution < -0.4 is 5.32 Å². The predicted octanol–water partition coefficient (Wildman–Crippen LogP) is 5.38. The summed E-state index contributed by atoms with van der Waals surface area (Å²) in [6.45, 7) is 4.47. The van der Waals surface area contributed by atoms with Crippen molar-refractivity contribution >= 4 is 33.9 Å². The zero-order valence-corrected chi connectivity index (χ0v) is 14.6. The zero-order valence-electron chi connectivity index (χ0n) is 11.6. The van der Waals surface area contributed by atoms with Crippen LogP contribution in [0.5, 0.6) is 0 Å². The summed E-state index contributed by atoms with van der Waals surface area (Å²) < 4.78 is 39.4. The van der Waals surface area contributed by atoms with Gasteiger partial charge in [0.2, 0.25) is 0 Å². The number of hydrogen-bond donors (Lipinski definition) is 1. The second kappa shape index (κ2) is 6.66. The fourth-order valence-corrected chi connectivity index (χ4v) is 3.66. The van der Waals surface area contributed by atoms with Gasteiger partial charge in [-0.2, -0.15) is 13.2 Å². The predicted molar refractivity (Wildman–Crippen MR) is 88.7 cm³/mol. The van der Waals surface area contributed by atoms with Crippen molar-refractivity contribution in [2.24, 2.45) is 0 Å². The molecule has 0 bridgehead atoms. The Labute approximate surface area is 139 Å². The van der Waals surface area contributed by atoms with Crippen molar-refractivity contribution < 1.29 is 13.2 Å². The lowest BCUT2D eigenvalue weighted by Crippen LogP contribution is -2.22. The maximum atomic E-state index is 12.8. The van der Waals surface area contributed by atoms with Gasteiger partial charge < -0.3 is 5.32 Å². The van der Waals surface area contributed by atoms with Crippen LogP contribution >= 0.6 is 33.9 Å². The minimum Gasteiger partial charge on any atom is -0.306 e. The van der Waals surface area contributed by atoms with E-state index in [4.69, 9.17) is 0 Å². The molecule has 21 heavy (non-hydrogen) atoms. The van der Waals surface area contributed by atoms with Crippen molar-refractivity contribution in [1.82, 2.24) is 5.32 Å². The highest BCUT2D eigenvalue weighted by Gasteiger charge is 2.31. The van der Waals surface area contributed by atoms with E-state index in [2.05, 4.69) is 34.0 Å². The van der Waals surface area contributed by atoms with E-state index >= 15 is 0 Å². The van der Waals surface area contributed by atoms with E-state index < -0.39 is 11.7 Å². The molecular weight excluding hydrogens is 410 g/mol. The van der Waals surface area contributed by atoms with Crippen LogP contribution in [0.2, 0.25) is 0 Å². The first-order valence-electron chi connectivity index (χ1n) is 6.48. The van der Waals surface area contributed by atoms with Gasteiger partial charge in [-0.3, -0.25) is 0 Å². The summed E-state index contributed by atoms with van der Waals surface area (Å²) in [4.78, 5) is 0. The summed E-state index contributed by atoms with van der Waals surface area (Å²) in [5.74, 6) is 0. The van der Waals surface area contributed by atoms with Crippen molar-refractivity contribution in [3.63, 3.8) is 0 Å². The van der Waals surface area contributed by atoms with E-state index in [-0.39, 0.29) is 6.04 Å². The molecule has 1 N–H and O–H groups in total. The van der Waals surface area contributed by atoms with Crippen LogP contribution in [0.4, 0.5) is 13.2 Å². The van der Waals surface area contributed by atoms with Gasteiger partial charge in [0.05, 0.1) is 14.5 Å². The molecule has 0 spiro atoms. The number of benzene rings is 1. The number of nitrogens with one attached hydrogen (secondary N) is 1. The maximum absolute atomic E-state index is 12.8. The molecule has 0 aliphatic rings. The van der Waals surface area contributed by atoms with Crippen LogP contribution in [-0.4, -0.2) is 6.54 Å². The highest BCUT2D eigenvalue weighted by Crippen LogP contribution is 2.34. The van der Waals surface area contributed by atoms with Gasteiger partial charge in [-0.05, 0) is 76.3 Å². The van der Waals surface area contributed by atoms with Gasteiger partial charge in [-0.25, -0.2) is 0 Å². The number of rotatable bonds is 4. The van der Waals surface area contributed by atoms with Crippen LogP contribution in [-0.2, 0) is 6.18 Å². The van der Waals surface area contributed by atoms with E-state index in [0.717, 1.165) is 26.6 Å². The number of halogens is 4. The Bertz CT molecular complexity index is 622. The van der Waals surface area contributed by atoms with Gasteiger partial charge in [0.15, 0.2) is 0 Å². The Hall–Kier alpha value is -0.600. The lowest BCUT2D eigenvalue weighted by molar-refractivity contribution is -0.137. The number of alkyl halides is 3. The first-order chi connectivity index (χ1) is 9.82. The van der Waals surface area contributed by atoms with E-state index in [1.165, 1.54) is 6.07 Å². The highest BCUT2D eigenvalue weighted by atomic mass is 127. The minimum atomic E-state index is -4.30. The molecule has 0 saturated heterocycles. The van der Waals surface area contributed by atoms with Crippen molar-refractivity contribution in [3.8, 4) is 0 Å². The average Bonchev–Trinajstić information content (AvgIpc) is 2.82. The summed E-state index contributed by atoms with van der Waals surface area (Å²) in [7, 11) is 0. The van der Waals surface area contributed by atoms with Gasteiger partial charge in [-0.1, -0.05) is 13.0 Å². The molecule has 0 aliphatic carbocycles. The number of thiophene rings is 1. The fraction of sp³-hybridized carbons (Fsp3) is 0.333. The monoisotopic (exact) mass is 425 g/mol. The third-order valence-electron chi connectivity index (χ3n) is 3.24. The minimum absolute atomic E-state index is 0.0722. The van der Waals surface area contributed by atoms with Crippen LogP contribution in [0, 0.1) is 9.81 Å². The summed E-state index contributed by atoms with van der Waals surface area (Å²) >= 11 is 3.88. The standard InChI is InChI=1S/C15H15F3INS/c1-3-20-14(10-7-13(19)21-8-10)12-5-4-11(6-9(12)2)15(16,17)18/h4-8,14,20H,3H2,1-2H3. The Kier molecular flexibility index (Phi) is 5.32. The van der Waals surface area contributed by atoms with Crippen molar-refractivity contribution in [1.29, 1.82) is 0 Å².